The first-order valence-electron chi connectivity index (χ1n) is 4.44. The number of Topliss-reactive ketones (excluding diaryl/α,β-unsaturated/α-hetero) is 1. The molecule has 0 aliphatic heterocycles. The van der Waals surface area contributed by atoms with Gasteiger partial charge in [0, 0.05) is 12.2 Å². The molecule has 0 N–H and O–H groups in total. The Bertz CT molecular complexity index is 300. The Balaban J connectivity index is 2.83. The van der Waals surface area contributed by atoms with Gasteiger partial charge in [-0.25, -0.2) is 0 Å². The van der Waals surface area contributed by atoms with E-state index in [4.69, 9.17) is 22.9 Å². The molecule has 0 aromatic heterocycles. The van der Waals surface area contributed by atoms with E-state index in [2.05, 4.69) is 0 Å². The van der Waals surface area contributed by atoms with Crippen LogP contribution in [0, 0.1) is 0 Å². The van der Waals surface area contributed by atoms with Gasteiger partial charge in [-0.2, -0.15) is 22.9 Å². The molecule has 0 saturated carbocycles. The highest BCUT2D eigenvalue weighted by molar-refractivity contribution is 7.34. The third-order valence-corrected chi connectivity index (χ3v) is 2.65. The van der Waals surface area contributed by atoms with Crippen molar-refractivity contribution >= 4 is 34.2 Å². The maximum atomic E-state index is 11.0. The lowest BCUT2D eigenvalue weighted by Crippen LogP contribution is -2.15. The Morgan fingerprint density at radius 1 is 1.36 bits per heavy atom. The fraction of sp³-hybridized carbons (Fsp3) is 0.300. The average Bonchev–Trinajstić information content (AvgIpc) is 2.15. The second-order valence-electron chi connectivity index (χ2n) is 3.26. The molecule has 14 heavy (non-hydrogen) atoms. The Hall–Kier alpha value is -0.465. The number of rotatable bonds is 4. The molecule has 1 aromatic rings. The van der Waals surface area contributed by atoms with Crippen LogP contribution in [-0.2, 0) is 4.79 Å². The van der Waals surface area contributed by atoms with E-state index in [0.29, 0.717) is 6.42 Å². The van der Waals surface area contributed by atoms with Crippen molar-refractivity contribution in [3.63, 3.8) is 0 Å². The maximum Gasteiger partial charge on any atom is 0.359 e. The van der Waals surface area contributed by atoms with Crippen LogP contribution >= 0.6 is 22.9 Å². The van der Waals surface area contributed by atoms with Gasteiger partial charge in [0.15, 0.2) is 0 Å². The topological polar surface area (TPSA) is 17.1 Å². The largest absolute Gasteiger partial charge is 0.359 e. The summed E-state index contributed by atoms with van der Waals surface area (Å²) in [6.45, 7) is 1.55. The van der Waals surface area contributed by atoms with Crippen LogP contribution in [0.4, 0.5) is 0 Å². The number of hydrogen-bond acceptors (Lipinski definition) is 1. The molecule has 1 atom stereocenters. The summed E-state index contributed by atoms with van der Waals surface area (Å²) in [5, 5.41) is 0. The van der Waals surface area contributed by atoms with Crippen molar-refractivity contribution in [3.8, 4) is 0 Å². The Morgan fingerprint density at radius 2 is 1.93 bits per heavy atom. The van der Waals surface area contributed by atoms with Crippen LogP contribution in [0.25, 0.3) is 0 Å². The third kappa shape index (κ3) is 3.35. The quantitative estimate of drug-likeness (QED) is 0.724. The molecule has 0 saturated heterocycles. The summed E-state index contributed by atoms with van der Waals surface area (Å²) in [4.78, 5) is 11.0. The number of carbonyl (C=O) groups is 1. The molecule has 0 spiro atoms. The molecule has 0 aliphatic rings. The van der Waals surface area contributed by atoms with Crippen molar-refractivity contribution in [1.82, 2.24) is 0 Å². The fourth-order valence-corrected chi connectivity index (χ4v) is 1.83. The van der Waals surface area contributed by atoms with Gasteiger partial charge in [-0.3, -0.25) is 0 Å². The second kappa shape index (κ2) is 5.42. The van der Waals surface area contributed by atoms with Crippen LogP contribution in [-0.4, -0.2) is 11.3 Å². The minimum absolute atomic E-state index is 0.1000. The molecule has 1 unspecified atom stereocenters. The van der Waals surface area contributed by atoms with Gasteiger partial charge in [0.1, 0.15) is 5.78 Å². The lowest BCUT2D eigenvalue weighted by molar-refractivity contribution is -0.117. The van der Waals surface area contributed by atoms with Crippen LogP contribution in [0.2, 0.25) is 0 Å². The number of halogens is 2. The summed E-state index contributed by atoms with van der Waals surface area (Å²) in [6, 6.07) is 9.62. The molecule has 1 nitrogen and oxygen atoms in total. The van der Waals surface area contributed by atoms with Crippen LogP contribution in [0.15, 0.2) is 30.3 Å². The second-order valence-corrected chi connectivity index (χ2v) is 4.42. The predicted molar refractivity (Wildman–Crippen MR) is 61.9 cm³/mol. The maximum absolute atomic E-state index is 11.0. The summed E-state index contributed by atoms with van der Waals surface area (Å²) >= 11 is 11.7. The van der Waals surface area contributed by atoms with Crippen molar-refractivity contribution in [3.05, 3.63) is 35.9 Å². The lowest BCUT2D eigenvalue weighted by Gasteiger charge is -2.14. The van der Waals surface area contributed by atoms with E-state index in [1.807, 2.05) is 30.3 Å². The minimum Gasteiger partial charge on any atom is -0.300 e. The SMILES string of the molecule is CC(=O)CC(B(Cl)Cl)c1ccccc1. The predicted octanol–water partition coefficient (Wildman–Crippen LogP) is 3.25. The van der Waals surface area contributed by atoms with Crippen LogP contribution in [0.1, 0.15) is 24.7 Å². The van der Waals surface area contributed by atoms with Gasteiger partial charge < -0.3 is 4.79 Å². The van der Waals surface area contributed by atoms with Crippen LogP contribution < -0.4 is 0 Å². The fourth-order valence-electron chi connectivity index (χ4n) is 1.36. The van der Waals surface area contributed by atoms with E-state index in [-0.39, 0.29) is 11.6 Å². The summed E-state index contributed by atoms with van der Waals surface area (Å²) in [5.74, 6) is 0.00202. The van der Waals surface area contributed by atoms with Crippen molar-refractivity contribution in [1.29, 1.82) is 0 Å². The van der Waals surface area contributed by atoms with Crippen LogP contribution in [0.3, 0.4) is 0 Å². The minimum atomic E-state index is -0.540. The molecule has 0 amide bonds. The zero-order chi connectivity index (χ0) is 10.6. The standard InChI is InChI=1S/C10H11BCl2O/c1-8(14)7-10(11(12)13)9-5-3-2-4-6-9/h2-6,10H,7H2,1H3. The van der Waals surface area contributed by atoms with Crippen molar-refractivity contribution in [2.24, 2.45) is 0 Å². The van der Waals surface area contributed by atoms with Crippen molar-refractivity contribution in [2.75, 3.05) is 0 Å². The van der Waals surface area contributed by atoms with E-state index in [0.717, 1.165) is 5.56 Å². The Labute approximate surface area is 94.3 Å². The molecular formula is C10H11BCl2O. The number of hydrogen-bond donors (Lipinski definition) is 0. The first-order chi connectivity index (χ1) is 6.61. The molecule has 4 heteroatoms. The van der Waals surface area contributed by atoms with Gasteiger partial charge in [-0.15, -0.1) is 0 Å². The Morgan fingerprint density at radius 3 is 2.36 bits per heavy atom. The first kappa shape index (κ1) is 11.6. The molecule has 1 aromatic carbocycles. The zero-order valence-electron chi connectivity index (χ0n) is 7.91. The molecule has 74 valence electrons. The summed E-state index contributed by atoms with van der Waals surface area (Å²) in [6.07, 6.45) is 0.391. The van der Waals surface area contributed by atoms with Gasteiger partial charge in [-0.05, 0) is 12.5 Å². The van der Waals surface area contributed by atoms with Crippen molar-refractivity contribution in [2.45, 2.75) is 19.2 Å². The Kier molecular flexibility index (Phi) is 4.50. The van der Waals surface area contributed by atoms with E-state index >= 15 is 0 Å². The first-order valence-corrected chi connectivity index (χ1v) is 5.31. The van der Waals surface area contributed by atoms with Gasteiger partial charge in [0.25, 0.3) is 0 Å². The summed E-state index contributed by atoms with van der Waals surface area (Å²) in [5.41, 5.74) is 0.471. The van der Waals surface area contributed by atoms with Gasteiger partial charge in [0.2, 0.25) is 0 Å². The highest BCUT2D eigenvalue weighted by atomic mass is 35.5. The molecule has 1 rings (SSSR count). The molecule has 0 heterocycles. The lowest BCUT2D eigenvalue weighted by atomic mass is 9.75. The summed E-state index contributed by atoms with van der Waals surface area (Å²) < 4.78 is 0. The number of benzene rings is 1. The normalized spacial score (nSPS) is 12.2. The monoisotopic (exact) mass is 228 g/mol. The molecule has 0 fully saturated rings. The number of carbonyl (C=O) groups excluding carboxylic acids is 1. The van der Waals surface area contributed by atoms with E-state index in [1.165, 1.54) is 0 Å². The van der Waals surface area contributed by atoms with E-state index in [9.17, 15) is 4.79 Å². The molecule has 0 bridgehead atoms. The van der Waals surface area contributed by atoms with Crippen LogP contribution in [0.5, 0.6) is 0 Å². The van der Waals surface area contributed by atoms with Gasteiger partial charge >= 0.3 is 5.54 Å². The highest BCUT2D eigenvalue weighted by Gasteiger charge is 2.24. The third-order valence-electron chi connectivity index (χ3n) is 2.04. The average molecular weight is 229 g/mol. The highest BCUT2D eigenvalue weighted by Crippen LogP contribution is 2.26. The number of ketones is 1. The zero-order valence-corrected chi connectivity index (χ0v) is 9.42. The van der Waals surface area contributed by atoms with Gasteiger partial charge in [0.05, 0.1) is 0 Å². The molecular weight excluding hydrogens is 218 g/mol. The summed E-state index contributed by atoms with van der Waals surface area (Å²) in [7, 11) is 0. The van der Waals surface area contributed by atoms with Gasteiger partial charge in [-0.1, -0.05) is 30.3 Å². The van der Waals surface area contributed by atoms with E-state index < -0.39 is 5.54 Å². The van der Waals surface area contributed by atoms with Crippen molar-refractivity contribution < 1.29 is 4.79 Å². The smallest absolute Gasteiger partial charge is 0.300 e. The molecule has 0 aliphatic carbocycles. The van der Waals surface area contributed by atoms with E-state index in [1.54, 1.807) is 6.92 Å². The molecule has 0 radical (unpaired) electrons.